The monoisotopic (exact) mass is 379 g/mol. The minimum atomic E-state index is 0.577. The Morgan fingerprint density at radius 1 is 1.25 bits per heavy atom. The first kappa shape index (κ1) is 19.7. The number of guanidine groups is 1. The molecule has 0 unspecified atom stereocenters. The molecule has 0 atom stereocenters. The zero-order valence-corrected chi connectivity index (χ0v) is 17.1. The van der Waals surface area contributed by atoms with Gasteiger partial charge in [0.05, 0.1) is 25.0 Å². The summed E-state index contributed by atoms with van der Waals surface area (Å²) >= 11 is 0. The van der Waals surface area contributed by atoms with Crippen LogP contribution >= 0.6 is 0 Å². The van der Waals surface area contributed by atoms with Crippen molar-refractivity contribution in [3.05, 3.63) is 60.6 Å². The van der Waals surface area contributed by atoms with Crippen molar-refractivity contribution in [2.45, 2.75) is 33.5 Å². The number of imidazole rings is 2. The van der Waals surface area contributed by atoms with Crippen LogP contribution in [0.5, 0.6) is 0 Å². The second kappa shape index (κ2) is 9.21. The van der Waals surface area contributed by atoms with Crippen molar-refractivity contribution in [2.75, 3.05) is 14.1 Å². The average molecular weight is 380 g/mol. The van der Waals surface area contributed by atoms with Gasteiger partial charge in [0, 0.05) is 33.0 Å². The Balaban J connectivity index is 1.59. The Morgan fingerprint density at radius 2 is 2.04 bits per heavy atom. The molecule has 3 rings (SSSR count). The number of aliphatic imine (C=N–C) groups is 1. The molecule has 0 spiro atoms. The highest BCUT2D eigenvalue weighted by molar-refractivity contribution is 5.79. The molecule has 0 aliphatic carbocycles. The van der Waals surface area contributed by atoms with E-state index in [-0.39, 0.29) is 0 Å². The molecule has 0 saturated carbocycles. The van der Waals surface area contributed by atoms with E-state index in [4.69, 9.17) is 0 Å². The number of rotatable bonds is 7. The molecule has 0 aliphatic rings. The van der Waals surface area contributed by atoms with Gasteiger partial charge in [-0.2, -0.15) is 0 Å². The predicted molar refractivity (Wildman–Crippen MR) is 113 cm³/mol. The van der Waals surface area contributed by atoms with Crippen molar-refractivity contribution in [3.63, 3.8) is 0 Å². The van der Waals surface area contributed by atoms with E-state index >= 15 is 0 Å². The summed E-state index contributed by atoms with van der Waals surface area (Å²) in [6, 6.07) is 10.2. The van der Waals surface area contributed by atoms with E-state index in [1.165, 1.54) is 0 Å². The van der Waals surface area contributed by atoms with Gasteiger partial charge in [0.2, 0.25) is 0 Å². The second-order valence-electron chi connectivity index (χ2n) is 7.26. The highest BCUT2D eigenvalue weighted by Crippen LogP contribution is 2.16. The molecular formula is C21H29N7. The first-order valence-corrected chi connectivity index (χ1v) is 9.58. The number of hydrogen-bond donors (Lipinski definition) is 2. The third-order valence-electron chi connectivity index (χ3n) is 4.44. The van der Waals surface area contributed by atoms with E-state index in [0.717, 1.165) is 35.4 Å². The normalized spacial score (nSPS) is 11.8. The van der Waals surface area contributed by atoms with Gasteiger partial charge in [0.15, 0.2) is 5.96 Å². The van der Waals surface area contributed by atoms with E-state index in [1.54, 1.807) is 7.05 Å². The van der Waals surface area contributed by atoms with E-state index in [9.17, 15) is 0 Å². The molecule has 1 aromatic carbocycles. The number of aromatic nitrogens is 4. The minimum Gasteiger partial charge on any atom is -0.349 e. The molecule has 0 bridgehead atoms. The molecule has 2 aromatic heterocycles. The molecular weight excluding hydrogens is 350 g/mol. The van der Waals surface area contributed by atoms with Gasteiger partial charge >= 0.3 is 0 Å². The summed E-state index contributed by atoms with van der Waals surface area (Å²) < 4.78 is 2.18. The fourth-order valence-electron chi connectivity index (χ4n) is 3.12. The Bertz CT molecular complexity index is 892. The lowest BCUT2D eigenvalue weighted by Gasteiger charge is -2.21. The molecule has 0 aliphatic heterocycles. The van der Waals surface area contributed by atoms with Gasteiger partial charge in [0.25, 0.3) is 0 Å². The summed E-state index contributed by atoms with van der Waals surface area (Å²) in [5.74, 6) is 3.28. The third-order valence-corrected chi connectivity index (χ3v) is 4.44. The Labute approximate surface area is 166 Å². The Morgan fingerprint density at radius 3 is 2.75 bits per heavy atom. The van der Waals surface area contributed by atoms with Gasteiger partial charge in [-0.15, -0.1) is 0 Å². The van der Waals surface area contributed by atoms with Gasteiger partial charge in [-0.3, -0.25) is 4.99 Å². The highest BCUT2D eigenvalue weighted by atomic mass is 15.3. The van der Waals surface area contributed by atoms with E-state index in [2.05, 4.69) is 55.8 Å². The van der Waals surface area contributed by atoms with Crippen LogP contribution in [0.1, 0.15) is 25.5 Å². The highest BCUT2D eigenvalue weighted by Gasteiger charge is 2.11. The quantitative estimate of drug-likeness (QED) is 0.489. The summed E-state index contributed by atoms with van der Waals surface area (Å²) in [4.78, 5) is 18.8. The Kier molecular flexibility index (Phi) is 6.47. The molecule has 7 heteroatoms. The van der Waals surface area contributed by atoms with Crippen LogP contribution in [0, 0.1) is 5.92 Å². The largest absolute Gasteiger partial charge is 0.349 e. The maximum Gasteiger partial charge on any atom is 0.194 e. The first-order chi connectivity index (χ1) is 13.6. The standard InChI is InChI=1S/C21H29N7/c1-16(2)14-28-11-10-23-20(28)13-25-21(22-3)27(4)15-19-24-12-18(26-19)17-8-6-5-7-9-17/h5-12,16H,13-15H2,1-4H3,(H,22,25)(H,24,26). The molecule has 3 aromatic rings. The van der Waals surface area contributed by atoms with Gasteiger partial charge in [-0.05, 0) is 11.5 Å². The van der Waals surface area contributed by atoms with Crippen molar-refractivity contribution in [1.29, 1.82) is 0 Å². The molecule has 2 heterocycles. The Hall–Kier alpha value is -3.09. The number of benzene rings is 1. The lowest BCUT2D eigenvalue weighted by Crippen LogP contribution is -2.38. The van der Waals surface area contributed by atoms with Crippen LogP contribution in [0.3, 0.4) is 0 Å². The van der Waals surface area contributed by atoms with Gasteiger partial charge in [0.1, 0.15) is 11.6 Å². The van der Waals surface area contributed by atoms with Crippen LogP contribution in [-0.2, 0) is 19.6 Å². The van der Waals surface area contributed by atoms with Crippen LogP contribution in [0.2, 0.25) is 0 Å². The molecule has 0 saturated heterocycles. The number of hydrogen-bond acceptors (Lipinski definition) is 3. The predicted octanol–water partition coefficient (Wildman–Crippen LogP) is 3.14. The fourth-order valence-corrected chi connectivity index (χ4v) is 3.12. The van der Waals surface area contributed by atoms with Crippen molar-refractivity contribution < 1.29 is 0 Å². The molecule has 0 amide bonds. The fraction of sp³-hybridized carbons (Fsp3) is 0.381. The van der Waals surface area contributed by atoms with Crippen LogP contribution in [-0.4, -0.2) is 44.5 Å². The molecule has 28 heavy (non-hydrogen) atoms. The maximum absolute atomic E-state index is 4.51. The van der Waals surface area contributed by atoms with Gasteiger partial charge in [-0.25, -0.2) is 9.97 Å². The van der Waals surface area contributed by atoms with Crippen molar-refractivity contribution in [1.82, 2.24) is 29.7 Å². The van der Waals surface area contributed by atoms with E-state index < -0.39 is 0 Å². The van der Waals surface area contributed by atoms with Crippen molar-refractivity contribution in [2.24, 2.45) is 10.9 Å². The minimum absolute atomic E-state index is 0.577. The number of nitrogens with zero attached hydrogens (tertiary/aromatic N) is 5. The van der Waals surface area contributed by atoms with E-state index in [0.29, 0.717) is 19.0 Å². The van der Waals surface area contributed by atoms with E-state index in [1.807, 2.05) is 48.7 Å². The summed E-state index contributed by atoms with van der Waals surface area (Å²) in [6.45, 7) is 6.63. The molecule has 7 nitrogen and oxygen atoms in total. The van der Waals surface area contributed by atoms with Gasteiger partial charge in [-0.1, -0.05) is 44.2 Å². The van der Waals surface area contributed by atoms with Gasteiger partial charge < -0.3 is 19.8 Å². The van der Waals surface area contributed by atoms with Crippen molar-refractivity contribution >= 4 is 5.96 Å². The number of H-pyrrole nitrogens is 1. The molecule has 0 radical (unpaired) electrons. The lowest BCUT2D eigenvalue weighted by molar-refractivity contribution is 0.458. The summed E-state index contributed by atoms with van der Waals surface area (Å²) in [5, 5.41) is 3.39. The summed E-state index contributed by atoms with van der Waals surface area (Å²) in [7, 11) is 3.79. The smallest absolute Gasteiger partial charge is 0.194 e. The SMILES string of the molecule is CN=C(NCc1nccn1CC(C)C)N(C)Cc1ncc(-c2ccccc2)[nH]1. The van der Waals surface area contributed by atoms with Crippen molar-refractivity contribution in [3.8, 4) is 11.3 Å². The van der Waals surface area contributed by atoms with Crippen LogP contribution in [0.25, 0.3) is 11.3 Å². The summed E-state index contributed by atoms with van der Waals surface area (Å²) in [5.41, 5.74) is 2.14. The zero-order chi connectivity index (χ0) is 19.9. The second-order valence-corrected chi connectivity index (χ2v) is 7.26. The lowest BCUT2D eigenvalue weighted by atomic mass is 10.2. The topological polar surface area (TPSA) is 74.1 Å². The number of aromatic amines is 1. The molecule has 148 valence electrons. The zero-order valence-electron chi connectivity index (χ0n) is 17.1. The summed E-state index contributed by atoms with van der Waals surface area (Å²) in [6.07, 6.45) is 5.74. The third kappa shape index (κ3) is 5.00. The molecule has 2 N–H and O–H groups in total. The van der Waals surface area contributed by atoms with Crippen LogP contribution < -0.4 is 5.32 Å². The average Bonchev–Trinajstić information content (AvgIpc) is 3.32. The van der Waals surface area contributed by atoms with Crippen LogP contribution in [0.15, 0.2) is 53.9 Å². The van der Waals surface area contributed by atoms with Crippen LogP contribution in [0.4, 0.5) is 0 Å². The number of nitrogens with one attached hydrogen (secondary N) is 2. The first-order valence-electron chi connectivity index (χ1n) is 9.58. The maximum atomic E-state index is 4.51. The molecule has 0 fully saturated rings.